The SMILES string of the molecule is CCCCn1nc(C(C)(C)C)s/c1=N\C(=NC#N)c1cc(Cl)ccc1OC. The topological polar surface area (TPSA) is 75.6 Å². The molecule has 6 nitrogen and oxygen atoms in total. The Labute approximate surface area is 168 Å². The maximum absolute atomic E-state index is 9.16. The molecule has 2 aromatic rings. The first-order valence-corrected chi connectivity index (χ1v) is 9.93. The Kier molecular flexibility index (Phi) is 7.17. The monoisotopic (exact) mass is 405 g/mol. The summed E-state index contributed by atoms with van der Waals surface area (Å²) >= 11 is 7.64. The molecule has 0 aliphatic rings. The summed E-state index contributed by atoms with van der Waals surface area (Å²) in [5.74, 6) is 0.809. The quantitative estimate of drug-likeness (QED) is 0.416. The van der Waals surface area contributed by atoms with E-state index in [2.05, 4.69) is 37.7 Å². The van der Waals surface area contributed by atoms with Crippen molar-refractivity contribution in [3.8, 4) is 11.9 Å². The highest BCUT2D eigenvalue weighted by molar-refractivity contribution is 7.09. The molecule has 0 radical (unpaired) electrons. The van der Waals surface area contributed by atoms with Crippen LogP contribution in [0.25, 0.3) is 0 Å². The highest BCUT2D eigenvalue weighted by Crippen LogP contribution is 2.25. The fraction of sp³-hybridized carbons (Fsp3) is 0.474. The van der Waals surface area contributed by atoms with Crippen molar-refractivity contribution in [2.45, 2.75) is 52.5 Å². The Morgan fingerprint density at radius 1 is 1.41 bits per heavy atom. The van der Waals surface area contributed by atoms with Crippen LogP contribution in [-0.2, 0) is 12.0 Å². The molecule has 0 spiro atoms. The fourth-order valence-electron chi connectivity index (χ4n) is 2.29. The van der Waals surface area contributed by atoms with Crippen molar-refractivity contribution in [3.05, 3.63) is 38.6 Å². The van der Waals surface area contributed by atoms with Crippen LogP contribution in [0.15, 0.2) is 28.2 Å². The van der Waals surface area contributed by atoms with E-state index in [1.807, 2.05) is 10.9 Å². The summed E-state index contributed by atoms with van der Waals surface area (Å²) in [4.78, 5) is 9.28. The van der Waals surface area contributed by atoms with Crippen molar-refractivity contribution < 1.29 is 4.74 Å². The first-order valence-electron chi connectivity index (χ1n) is 8.74. The summed E-state index contributed by atoms with van der Waals surface area (Å²) in [7, 11) is 1.56. The molecule has 0 aliphatic heterocycles. The number of nitrogens with zero attached hydrogens (tertiary/aromatic N) is 5. The Hall–Kier alpha value is -2.17. The van der Waals surface area contributed by atoms with E-state index in [9.17, 15) is 0 Å². The number of aryl methyl sites for hydroxylation is 1. The summed E-state index contributed by atoms with van der Waals surface area (Å²) < 4.78 is 7.28. The molecule has 0 saturated heterocycles. The Bertz CT molecular complexity index is 931. The van der Waals surface area contributed by atoms with Crippen molar-refractivity contribution >= 4 is 28.8 Å². The molecule has 0 unspecified atom stereocenters. The number of methoxy groups -OCH3 is 1. The second kappa shape index (κ2) is 9.16. The number of unbranched alkanes of at least 4 members (excludes halogenated alkanes) is 1. The minimum atomic E-state index is -0.0906. The number of benzene rings is 1. The number of rotatable bonds is 5. The van der Waals surface area contributed by atoms with Crippen molar-refractivity contribution in [2.24, 2.45) is 9.98 Å². The predicted molar refractivity (Wildman–Crippen MR) is 109 cm³/mol. The van der Waals surface area contributed by atoms with Gasteiger partial charge in [-0.25, -0.2) is 4.68 Å². The molecule has 0 amide bonds. The largest absolute Gasteiger partial charge is 0.496 e. The third-order valence-corrected chi connectivity index (χ3v) is 5.35. The number of amidine groups is 1. The van der Waals surface area contributed by atoms with Crippen molar-refractivity contribution in [1.82, 2.24) is 9.78 Å². The van der Waals surface area contributed by atoms with Crippen LogP contribution in [0.2, 0.25) is 5.02 Å². The molecule has 0 bridgehead atoms. The van der Waals surface area contributed by atoms with E-state index >= 15 is 0 Å². The average Bonchev–Trinajstić information content (AvgIpc) is 3.02. The Morgan fingerprint density at radius 2 is 2.15 bits per heavy atom. The lowest BCUT2D eigenvalue weighted by Crippen LogP contribution is -2.19. The van der Waals surface area contributed by atoms with Gasteiger partial charge in [0.05, 0.1) is 12.7 Å². The minimum Gasteiger partial charge on any atom is -0.496 e. The van der Waals surface area contributed by atoms with E-state index in [4.69, 9.17) is 26.7 Å². The lowest BCUT2D eigenvalue weighted by atomic mass is 9.98. The van der Waals surface area contributed by atoms with E-state index in [-0.39, 0.29) is 11.3 Å². The van der Waals surface area contributed by atoms with Gasteiger partial charge in [0, 0.05) is 17.0 Å². The highest BCUT2D eigenvalue weighted by Gasteiger charge is 2.20. The number of hydrogen-bond acceptors (Lipinski definition) is 5. The van der Waals surface area contributed by atoms with Gasteiger partial charge in [0.25, 0.3) is 0 Å². The second-order valence-electron chi connectivity index (χ2n) is 7.01. The molecule has 8 heteroatoms. The maximum atomic E-state index is 9.16. The molecule has 144 valence electrons. The molecular weight excluding hydrogens is 382 g/mol. The van der Waals surface area contributed by atoms with Crippen LogP contribution in [-0.4, -0.2) is 22.7 Å². The van der Waals surface area contributed by atoms with Crippen molar-refractivity contribution in [1.29, 1.82) is 5.26 Å². The molecule has 2 rings (SSSR count). The summed E-state index contributed by atoms with van der Waals surface area (Å²) in [5, 5.41) is 15.4. The van der Waals surface area contributed by atoms with Gasteiger partial charge in [0.1, 0.15) is 10.8 Å². The van der Waals surface area contributed by atoms with E-state index in [0.717, 1.165) is 24.4 Å². The summed E-state index contributed by atoms with van der Waals surface area (Å²) in [5.41, 5.74) is 0.478. The summed E-state index contributed by atoms with van der Waals surface area (Å²) in [6.07, 6.45) is 3.87. The van der Waals surface area contributed by atoms with E-state index in [1.165, 1.54) is 11.3 Å². The fourth-order valence-corrected chi connectivity index (χ4v) is 3.45. The zero-order valence-electron chi connectivity index (χ0n) is 16.3. The molecule has 0 saturated carbocycles. The maximum Gasteiger partial charge on any atom is 0.209 e. The lowest BCUT2D eigenvalue weighted by molar-refractivity contribution is 0.414. The zero-order chi connectivity index (χ0) is 20.0. The Balaban J connectivity index is 2.66. The van der Waals surface area contributed by atoms with E-state index in [1.54, 1.807) is 25.3 Å². The van der Waals surface area contributed by atoms with Crippen LogP contribution >= 0.6 is 22.9 Å². The first kappa shape index (κ1) is 21.1. The molecule has 27 heavy (non-hydrogen) atoms. The average molecular weight is 406 g/mol. The Morgan fingerprint density at radius 3 is 2.74 bits per heavy atom. The molecule has 0 N–H and O–H groups in total. The van der Waals surface area contributed by atoms with Gasteiger partial charge in [-0.05, 0) is 24.6 Å². The van der Waals surface area contributed by atoms with Gasteiger partial charge in [-0.1, -0.05) is 57.1 Å². The van der Waals surface area contributed by atoms with Gasteiger partial charge in [0.15, 0.2) is 5.84 Å². The second-order valence-corrected chi connectivity index (χ2v) is 8.40. The molecule has 0 fully saturated rings. The van der Waals surface area contributed by atoms with Crippen LogP contribution in [0, 0.1) is 11.5 Å². The minimum absolute atomic E-state index is 0.0906. The number of aliphatic imine (C=N–C) groups is 1. The number of halogens is 1. The standard InChI is InChI=1S/C19H24ClN5OS/c1-6-7-10-25-18(27-17(24-25)19(2,3)4)23-16(22-12-21)14-11-13(20)8-9-15(14)26-5/h8-9,11H,6-7,10H2,1-5H3/b22-16?,23-18-. The molecule has 1 heterocycles. The number of hydrogen-bond donors (Lipinski definition) is 0. The third-order valence-electron chi connectivity index (χ3n) is 3.75. The van der Waals surface area contributed by atoms with Crippen LogP contribution in [0.5, 0.6) is 5.75 Å². The summed E-state index contributed by atoms with van der Waals surface area (Å²) in [6.45, 7) is 9.24. The number of ether oxygens (including phenoxy) is 1. The van der Waals surface area contributed by atoms with Crippen molar-refractivity contribution in [2.75, 3.05) is 7.11 Å². The van der Waals surface area contributed by atoms with Crippen LogP contribution < -0.4 is 9.54 Å². The predicted octanol–water partition coefficient (Wildman–Crippen LogP) is 4.53. The van der Waals surface area contributed by atoms with Gasteiger partial charge in [-0.15, -0.1) is 0 Å². The van der Waals surface area contributed by atoms with Gasteiger partial charge >= 0.3 is 0 Å². The number of aromatic nitrogens is 2. The van der Waals surface area contributed by atoms with Crippen LogP contribution in [0.3, 0.4) is 0 Å². The van der Waals surface area contributed by atoms with Gasteiger partial charge < -0.3 is 4.74 Å². The van der Waals surface area contributed by atoms with Crippen molar-refractivity contribution in [3.63, 3.8) is 0 Å². The smallest absolute Gasteiger partial charge is 0.209 e. The number of nitriles is 1. The molecular formula is C19H24ClN5OS. The van der Waals surface area contributed by atoms with E-state index < -0.39 is 0 Å². The van der Waals surface area contributed by atoms with Crippen LogP contribution in [0.1, 0.15) is 51.1 Å². The van der Waals surface area contributed by atoms with Gasteiger partial charge in [-0.2, -0.15) is 20.3 Å². The summed E-state index contributed by atoms with van der Waals surface area (Å²) in [6, 6.07) is 5.15. The van der Waals surface area contributed by atoms with Gasteiger partial charge in [-0.3, -0.25) is 0 Å². The molecule has 1 aromatic carbocycles. The van der Waals surface area contributed by atoms with Gasteiger partial charge in [0.2, 0.25) is 11.0 Å². The highest BCUT2D eigenvalue weighted by atomic mass is 35.5. The molecule has 0 atom stereocenters. The first-order chi connectivity index (χ1) is 12.8. The molecule has 1 aromatic heterocycles. The normalized spacial score (nSPS) is 12.9. The molecule has 0 aliphatic carbocycles. The zero-order valence-corrected chi connectivity index (χ0v) is 17.9. The van der Waals surface area contributed by atoms with Crippen LogP contribution in [0.4, 0.5) is 0 Å². The lowest BCUT2D eigenvalue weighted by Gasteiger charge is -2.12. The van der Waals surface area contributed by atoms with E-state index in [0.29, 0.717) is 21.1 Å². The third kappa shape index (κ3) is 5.41.